The van der Waals surface area contributed by atoms with Crippen molar-refractivity contribution < 1.29 is 9.59 Å². The number of amides is 1. The maximum atomic E-state index is 10.6. The summed E-state index contributed by atoms with van der Waals surface area (Å²) in [5.74, 6) is -0.0358. The Morgan fingerprint density at radius 1 is 1.80 bits per heavy atom. The first-order chi connectivity index (χ1) is 4.70. The fraction of sp³-hybridized carbons (Fsp3) is 0.667. The van der Waals surface area contributed by atoms with Gasteiger partial charge in [0.2, 0.25) is 5.91 Å². The van der Waals surface area contributed by atoms with E-state index >= 15 is 0 Å². The van der Waals surface area contributed by atoms with Gasteiger partial charge in [-0.3, -0.25) is 4.79 Å². The minimum absolute atomic E-state index is 0.0358. The van der Waals surface area contributed by atoms with E-state index in [0.29, 0.717) is 12.8 Å². The van der Waals surface area contributed by atoms with Crippen LogP contribution < -0.4 is 5.32 Å². The molecule has 0 spiro atoms. The van der Waals surface area contributed by atoms with Crippen LogP contribution in [-0.4, -0.2) is 24.1 Å². The number of alkyl halides is 1. The Kier molecular flexibility index (Phi) is 5.20. The molecule has 0 heterocycles. The number of aldehydes is 1. The van der Waals surface area contributed by atoms with Gasteiger partial charge in [-0.25, -0.2) is 0 Å². The molecular weight excluding hydrogens is 198 g/mol. The van der Waals surface area contributed by atoms with E-state index in [9.17, 15) is 9.59 Å². The first-order valence-electron chi connectivity index (χ1n) is 3.00. The highest BCUT2D eigenvalue weighted by Gasteiger charge is 2.04. The standard InChI is InChI=1S/C6H10BrNO2/c1-8-6(10)3-2-5(7)4-9/h4-5H,2-3H2,1H3,(H,8,10). The van der Waals surface area contributed by atoms with Crippen molar-refractivity contribution in [3.8, 4) is 0 Å². The van der Waals surface area contributed by atoms with Gasteiger partial charge in [0, 0.05) is 13.5 Å². The van der Waals surface area contributed by atoms with Crippen LogP contribution in [0.5, 0.6) is 0 Å². The van der Waals surface area contributed by atoms with Gasteiger partial charge in [0.1, 0.15) is 6.29 Å². The highest BCUT2D eigenvalue weighted by molar-refractivity contribution is 9.09. The molecule has 0 aliphatic rings. The molecule has 3 nitrogen and oxygen atoms in total. The fourth-order valence-corrected chi connectivity index (χ4v) is 0.691. The van der Waals surface area contributed by atoms with Gasteiger partial charge >= 0.3 is 0 Å². The van der Waals surface area contributed by atoms with Crippen molar-refractivity contribution in [3.05, 3.63) is 0 Å². The molecule has 0 aromatic heterocycles. The van der Waals surface area contributed by atoms with Crippen LogP contribution in [0.15, 0.2) is 0 Å². The summed E-state index contributed by atoms with van der Waals surface area (Å²) in [6.07, 6.45) is 1.73. The Hall–Kier alpha value is -0.380. The number of rotatable bonds is 4. The van der Waals surface area contributed by atoms with Crippen LogP contribution in [0.3, 0.4) is 0 Å². The molecule has 0 fully saturated rings. The van der Waals surface area contributed by atoms with Crippen molar-refractivity contribution in [2.45, 2.75) is 17.7 Å². The van der Waals surface area contributed by atoms with E-state index in [4.69, 9.17) is 0 Å². The summed E-state index contributed by atoms with van der Waals surface area (Å²) in [6.45, 7) is 0. The summed E-state index contributed by atoms with van der Waals surface area (Å²) >= 11 is 3.09. The van der Waals surface area contributed by atoms with E-state index in [1.54, 1.807) is 7.05 Å². The quantitative estimate of drug-likeness (QED) is 0.539. The lowest BCUT2D eigenvalue weighted by Gasteiger charge is -1.99. The minimum Gasteiger partial charge on any atom is -0.359 e. The lowest BCUT2D eigenvalue weighted by molar-refractivity contribution is -0.120. The summed E-state index contributed by atoms with van der Waals surface area (Å²) in [6, 6.07) is 0. The Morgan fingerprint density at radius 2 is 2.40 bits per heavy atom. The molecule has 0 saturated heterocycles. The van der Waals surface area contributed by atoms with Gasteiger partial charge in [-0.05, 0) is 6.42 Å². The van der Waals surface area contributed by atoms with Gasteiger partial charge < -0.3 is 10.1 Å². The third-order valence-corrected chi connectivity index (χ3v) is 1.75. The number of halogens is 1. The van der Waals surface area contributed by atoms with E-state index in [2.05, 4.69) is 21.2 Å². The first-order valence-corrected chi connectivity index (χ1v) is 3.92. The Morgan fingerprint density at radius 3 is 2.80 bits per heavy atom. The van der Waals surface area contributed by atoms with Crippen molar-refractivity contribution in [1.82, 2.24) is 5.32 Å². The molecule has 0 saturated carbocycles. The summed E-state index contributed by atoms with van der Waals surface area (Å²) in [5, 5.41) is 2.47. The zero-order chi connectivity index (χ0) is 7.98. The Balaban J connectivity index is 3.34. The highest BCUT2D eigenvalue weighted by atomic mass is 79.9. The van der Waals surface area contributed by atoms with Crippen molar-refractivity contribution in [2.75, 3.05) is 7.05 Å². The monoisotopic (exact) mass is 207 g/mol. The molecule has 1 amide bonds. The molecule has 0 bridgehead atoms. The lowest BCUT2D eigenvalue weighted by atomic mass is 10.2. The topological polar surface area (TPSA) is 46.2 Å². The normalized spacial score (nSPS) is 12.2. The second-order valence-electron chi connectivity index (χ2n) is 1.86. The predicted molar refractivity (Wildman–Crippen MR) is 42.1 cm³/mol. The van der Waals surface area contributed by atoms with Crippen molar-refractivity contribution in [3.63, 3.8) is 0 Å². The molecule has 0 rings (SSSR count). The van der Waals surface area contributed by atoms with Gasteiger partial charge in [0.15, 0.2) is 0 Å². The largest absolute Gasteiger partial charge is 0.359 e. The number of carbonyl (C=O) groups is 2. The second-order valence-corrected chi connectivity index (χ2v) is 3.04. The van der Waals surface area contributed by atoms with Crippen LogP contribution in [0.2, 0.25) is 0 Å². The molecule has 0 aliphatic heterocycles. The molecule has 58 valence electrons. The number of carbonyl (C=O) groups excluding carboxylic acids is 2. The average Bonchev–Trinajstić information content (AvgIpc) is 1.99. The summed E-state index contributed by atoms with van der Waals surface area (Å²) in [4.78, 5) is 20.4. The van der Waals surface area contributed by atoms with E-state index < -0.39 is 0 Å². The van der Waals surface area contributed by atoms with Crippen molar-refractivity contribution in [2.24, 2.45) is 0 Å². The zero-order valence-electron chi connectivity index (χ0n) is 5.76. The summed E-state index contributed by atoms with van der Waals surface area (Å²) in [7, 11) is 1.58. The molecular formula is C6H10BrNO2. The fourth-order valence-electron chi connectivity index (χ4n) is 0.462. The van der Waals surface area contributed by atoms with Crippen LogP contribution in [0.25, 0.3) is 0 Å². The molecule has 0 aromatic carbocycles. The average molecular weight is 208 g/mol. The van der Waals surface area contributed by atoms with Crippen LogP contribution >= 0.6 is 15.9 Å². The smallest absolute Gasteiger partial charge is 0.219 e. The number of hydrogen-bond donors (Lipinski definition) is 1. The van der Waals surface area contributed by atoms with Gasteiger partial charge in [-0.1, -0.05) is 15.9 Å². The third kappa shape index (κ3) is 4.49. The van der Waals surface area contributed by atoms with E-state index in [1.807, 2.05) is 0 Å². The molecule has 10 heavy (non-hydrogen) atoms. The summed E-state index contributed by atoms with van der Waals surface area (Å²) < 4.78 is 0. The molecule has 0 radical (unpaired) electrons. The van der Waals surface area contributed by atoms with Crippen LogP contribution in [0.1, 0.15) is 12.8 Å². The van der Waals surface area contributed by atoms with Crippen LogP contribution in [0, 0.1) is 0 Å². The molecule has 1 atom stereocenters. The highest BCUT2D eigenvalue weighted by Crippen LogP contribution is 2.03. The molecule has 1 N–H and O–H groups in total. The van der Waals surface area contributed by atoms with E-state index in [-0.39, 0.29) is 10.7 Å². The predicted octanol–water partition coefficient (Wildman–Crippen LogP) is 0.475. The van der Waals surface area contributed by atoms with E-state index in [1.165, 1.54) is 0 Å². The SMILES string of the molecule is CNC(=O)CCC(Br)C=O. The van der Waals surface area contributed by atoms with Gasteiger partial charge in [0.05, 0.1) is 4.83 Å². The number of nitrogens with one attached hydrogen (secondary N) is 1. The lowest BCUT2D eigenvalue weighted by Crippen LogP contribution is -2.18. The Labute approximate surface area is 68.3 Å². The molecule has 1 unspecified atom stereocenters. The van der Waals surface area contributed by atoms with Crippen molar-refractivity contribution in [1.29, 1.82) is 0 Å². The van der Waals surface area contributed by atoms with Crippen molar-refractivity contribution >= 4 is 28.1 Å². The van der Waals surface area contributed by atoms with Crippen LogP contribution in [-0.2, 0) is 9.59 Å². The third-order valence-electron chi connectivity index (χ3n) is 1.07. The number of hydrogen-bond acceptors (Lipinski definition) is 2. The second kappa shape index (κ2) is 5.41. The zero-order valence-corrected chi connectivity index (χ0v) is 7.35. The Bertz CT molecular complexity index is 127. The maximum Gasteiger partial charge on any atom is 0.219 e. The van der Waals surface area contributed by atoms with Gasteiger partial charge in [-0.2, -0.15) is 0 Å². The molecule has 0 aromatic rings. The van der Waals surface area contributed by atoms with Gasteiger partial charge in [-0.15, -0.1) is 0 Å². The minimum atomic E-state index is -0.190. The maximum absolute atomic E-state index is 10.6. The van der Waals surface area contributed by atoms with Crippen LogP contribution in [0.4, 0.5) is 0 Å². The molecule has 0 aliphatic carbocycles. The molecule has 4 heteroatoms. The van der Waals surface area contributed by atoms with E-state index in [0.717, 1.165) is 6.29 Å². The first kappa shape index (κ1) is 9.62. The van der Waals surface area contributed by atoms with Gasteiger partial charge in [0.25, 0.3) is 0 Å². The summed E-state index contributed by atoms with van der Waals surface area (Å²) in [5.41, 5.74) is 0.